The summed E-state index contributed by atoms with van der Waals surface area (Å²) >= 11 is 7.21. The van der Waals surface area contributed by atoms with Crippen LogP contribution in [0.5, 0.6) is 0 Å². The van der Waals surface area contributed by atoms with Crippen LogP contribution in [0.3, 0.4) is 0 Å². The molecule has 0 rings (SSSR count). The third kappa shape index (κ3) is 8.01. The molecular weight excluding hydrogens is 182 g/mol. The quantitative estimate of drug-likeness (QED) is 0.674. The van der Waals surface area contributed by atoms with Crippen LogP contribution in [0, 0.1) is 0 Å². The second-order valence-electron chi connectivity index (χ2n) is 2.35. The van der Waals surface area contributed by atoms with E-state index < -0.39 is 0 Å². The zero-order chi connectivity index (χ0) is 8.69. The van der Waals surface area contributed by atoms with Crippen LogP contribution in [0.15, 0.2) is 0 Å². The Morgan fingerprint density at radius 1 is 1.73 bits per heavy atom. The van der Waals surface area contributed by atoms with Crippen molar-refractivity contribution in [2.45, 2.75) is 18.7 Å². The van der Waals surface area contributed by atoms with Crippen molar-refractivity contribution in [1.29, 1.82) is 0 Å². The van der Waals surface area contributed by atoms with Crippen molar-refractivity contribution in [2.75, 3.05) is 18.6 Å². The van der Waals surface area contributed by atoms with Crippen LogP contribution < -0.4 is 5.32 Å². The summed E-state index contributed by atoms with van der Waals surface area (Å²) in [5.74, 6) is 0.631. The molecule has 1 amide bonds. The molecule has 0 aliphatic rings. The van der Waals surface area contributed by atoms with Gasteiger partial charge in [-0.2, -0.15) is 11.8 Å². The summed E-state index contributed by atoms with van der Waals surface area (Å²) in [5, 5.41) is 2.91. The predicted molar refractivity (Wildman–Crippen MR) is 51.3 cm³/mol. The van der Waals surface area contributed by atoms with Gasteiger partial charge in [-0.25, -0.2) is 0 Å². The van der Waals surface area contributed by atoms with Gasteiger partial charge in [0.2, 0.25) is 5.91 Å². The molecule has 0 aliphatic heterocycles. The maximum absolute atomic E-state index is 10.8. The number of carbonyl (C=O) groups excluding carboxylic acids is 1. The van der Waals surface area contributed by atoms with E-state index in [1.54, 1.807) is 0 Å². The van der Waals surface area contributed by atoms with Gasteiger partial charge in [0.1, 0.15) is 0 Å². The highest BCUT2D eigenvalue weighted by molar-refractivity contribution is 7.99. The minimum atomic E-state index is 0.0924. The lowest BCUT2D eigenvalue weighted by atomic mass is 10.3. The summed E-state index contributed by atoms with van der Waals surface area (Å²) in [5.41, 5.74) is 0. The lowest BCUT2D eigenvalue weighted by Gasteiger charge is -2.04. The van der Waals surface area contributed by atoms with Crippen molar-refractivity contribution in [1.82, 2.24) is 5.32 Å². The number of nitrogens with one attached hydrogen (secondary N) is 1. The first-order valence-electron chi connectivity index (χ1n) is 3.56. The Morgan fingerprint density at radius 2 is 2.36 bits per heavy atom. The minimum Gasteiger partial charge on any atom is -0.355 e. The van der Waals surface area contributed by atoms with Gasteiger partial charge in [0.25, 0.3) is 0 Å². The van der Waals surface area contributed by atoms with Crippen molar-refractivity contribution in [3.8, 4) is 0 Å². The summed E-state index contributed by atoms with van der Waals surface area (Å²) in [4.78, 5) is 10.8. The zero-order valence-corrected chi connectivity index (χ0v) is 8.47. The SMILES string of the molecule is CSCC(=O)NCCC(C)Cl. The van der Waals surface area contributed by atoms with Crippen molar-refractivity contribution < 1.29 is 4.79 Å². The summed E-state index contributed by atoms with van der Waals surface area (Å²) in [6.45, 7) is 2.60. The fourth-order valence-electron chi connectivity index (χ4n) is 0.593. The molecule has 4 heteroatoms. The Bertz CT molecular complexity index is 119. The highest BCUT2D eigenvalue weighted by Gasteiger charge is 1.99. The Hall–Kier alpha value is 0.110. The molecule has 0 aliphatic carbocycles. The summed E-state index contributed by atoms with van der Waals surface area (Å²) in [6, 6.07) is 0. The molecular formula is C7H14ClNOS. The van der Waals surface area contributed by atoms with Crippen molar-refractivity contribution in [3.05, 3.63) is 0 Å². The third-order valence-electron chi connectivity index (χ3n) is 1.14. The molecule has 0 heterocycles. The second-order valence-corrected chi connectivity index (χ2v) is 3.96. The average molecular weight is 196 g/mol. The van der Waals surface area contributed by atoms with Gasteiger partial charge in [-0.15, -0.1) is 11.6 Å². The van der Waals surface area contributed by atoms with Crippen LogP contribution in [-0.4, -0.2) is 29.8 Å². The predicted octanol–water partition coefficient (Wildman–Crippen LogP) is 1.48. The first kappa shape index (κ1) is 11.1. The van der Waals surface area contributed by atoms with Crippen LogP contribution in [-0.2, 0) is 4.79 Å². The van der Waals surface area contributed by atoms with E-state index >= 15 is 0 Å². The van der Waals surface area contributed by atoms with Gasteiger partial charge in [-0.05, 0) is 19.6 Å². The fraction of sp³-hybridized carbons (Fsp3) is 0.857. The Balaban J connectivity index is 3.17. The molecule has 0 bridgehead atoms. The highest BCUT2D eigenvalue weighted by Crippen LogP contribution is 1.97. The Morgan fingerprint density at radius 3 is 2.82 bits per heavy atom. The highest BCUT2D eigenvalue weighted by atomic mass is 35.5. The fourth-order valence-corrected chi connectivity index (χ4v) is 1.07. The molecule has 0 radical (unpaired) electrons. The van der Waals surface area contributed by atoms with Gasteiger partial charge in [0, 0.05) is 11.9 Å². The van der Waals surface area contributed by atoms with E-state index in [4.69, 9.17) is 11.6 Å². The second kappa shape index (κ2) is 6.80. The van der Waals surface area contributed by atoms with Gasteiger partial charge >= 0.3 is 0 Å². The lowest BCUT2D eigenvalue weighted by molar-refractivity contribution is -0.118. The normalized spacial score (nSPS) is 12.6. The topological polar surface area (TPSA) is 29.1 Å². The van der Waals surface area contributed by atoms with Crippen LogP contribution in [0.2, 0.25) is 0 Å². The van der Waals surface area contributed by atoms with Gasteiger partial charge in [0.15, 0.2) is 0 Å². The molecule has 0 aromatic carbocycles. The van der Waals surface area contributed by atoms with Crippen LogP contribution in [0.1, 0.15) is 13.3 Å². The standard InChI is InChI=1S/C7H14ClNOS/c1-6(8)3-4-9-7(10)5-11-2/h6H,3-5H2,1-2H3,(H,9,10). The molecule has 1 N–H and O–H groups in total. The first-order valence-corrected chi connectivity index (χ1v) is 5.39. The summed E-state index contributed by atoms with van der Waals surface area (Å²) in [7, 11) is 0. The number of carbonyl (C=O) groups is 1. The number of halogens is 1. The third-order valence-corrected chi connectivity index (χ3v) is 1.91. The lowest BCUT2D eigenvalue weighted by Crippen LogP contribution is -2.27. The molecule has 0 aromatic rings. The number of rotatable bonds is 5. The zero-order valence-electron chi connectivity index (χ0n) is 6.89. The molecule has 0 spiro atoms. The van der Waals surface area contributed by atoms with Crippen LogP contribution in [0.25, 0.3) is 0 Å². The van der Waals surface area contributed by atoms with E-state index in [1.165, 1.54) is 11.8 Å². The van der Waals surface area contributed by atoms with E-state index in [9.17, 15) is 4.79 Å². The molecule has 66 valence electrons. The summed E-state index contributed by atoms with van der Waals surface area (Å²) < 4.78 is 0. The van der Waals surface area contributed by atoms with Crippen molar-refractivity contribution in [2.24, 2.45) is 0 Å². The molecule has 11 heavy (non-hydrogen) atoms. The minimum absolute atomic E-state index is 0.0924. The molecule has 1 unspecified atom stereocenters. The molecule has 0 aromatic heterocycles. The van der Waals surface area contributed by atoms with E-state index in [-0.39, 0.29) is 11.3 Å². The number of alkyl halides is 1. The number of hydrogen-bond acceptors (Lipinski definition) is 2. The number of hydrogen-bond donors (Lipinski definition) is 1. The van der Waals surface area contributed by atoms with Crippen molar-refractivity contribution in [3.63, 3.8) is 0 Å². The molecule has 0 saturated heterocycles. The monoisotopic (exact) mass is 195 g/mol. The Labute approximate surface area is 77.1 Å². The smallest absolute Gasteiger partial charge is 0.229 e. The maximum Gasteiger partial charge on any atom is 0.229 e. The van der Waals surface area contributed by atoms with Gasteiger partial charge in [-0.1, -0.05) is 0 Å². The summed E-state index contributed by atoms with van der Waals surface area (Å²) in [6.07, 6.45) is 2.74. The average Bonchev–Trinajstić information content (AvgIpc) is 1.87. The van der Waals surface area contributed by atoms with E-state index in [0.717, 1.165) is 6.42 Å². The molecule has 0 fully saturated rings. The van der Waals surface area contributed by atoms with Crippen LogP contribution >= 0.6 is 23.4 Å². The van der Waals surface area contributed by atoms with Gasteiger partial charge in [-0.3, -0.25) is 4.79 Å². The first-order chi connectivity index (χ1) is 5.16. The molecule has 0 saturated carbocycles. The van der Waals surface area contributed by atoms with E-state index in [0.29, 0.717) is 12.3 Å². The maximum atomic E-state index is 10.8. The van der Waals surface area contributed by atoms with E-state index in [1.807, 2.05) is 13.2 Å². The molecule has 1 atom stereocenters. The van der Waals surface area contributed by atoms with Gasteiger partial charge < -0.3 is 5.32 Å². The largest absolute Gasteiger partial charge is 0.355 e. The van der Waals surface area contributed by atoms with Crippen molar-refractivity contribution >= 4 is 29.3 Å². The molecule has 2 nitrogen and oxygen atoms in total. The number of thioether (sulfide) groups is 1. The van der Waals surface area contributed by atoms with Crippen LogP contribution in [0.4, 0.5) is 0 Å². The Kier molecular flexibility index (Phi) is 6.87. The number of amides is 1. The van der Waals surface area contributed by atoms with Gasteiger partial charge in [0.05, 0.1) is 5.75 Å². The van der Waals surface area contributed by atoms with E-state index in [2.05, 4.69) is 5.32 Å².